The number of azo groups is 1. The molecule has 4 aromatic rings. The van der Waals surface area contributed by atoms with Crippen molar-refractivity contribution in [2.75, 3.05) is 28.8 Å². The SMILES string of the molecule is CN(C)c1ccc(N=Nc2ccc(N3C(=O)C4CC=C5C(CC6C(=O)N(c7ccccc7)C(=O)C6(C)C5c5cccc(O)c5)C4C3=O)cc2)cc1. The highest BCUT2D eigenvalue weighted by Gasteiger charge is 2.67. The standard InChI is InChI=1S/C41H37N5O5/c1-41-34(38(49)46(40(41)51)28-9-5-4-6-10-28)23-33-31(36(41)24-8-7-11-30(47)22-24)20-21-32-35(33)39(50)45(37(32)48)29-18-14-26(15-19-29)43-42-25-12-16-27(17-13-25)44(2)3/h4-20,22,32-36,47H,21,23H2,1-3H3. The molecule has 4 amide bonds. The van der Waals surface area contributed by atoms with Gasteiger partial charge in [0.05, 0.1) is 45.9 Å². The molecule has 256 valence electrons. The number of aromatic hydroxyl groups is 1. The summed E-state index contributed by atoms with van der Waals surface area (Å²) in [7, 11) is 3.93. The van der Waals surface area contributed by atoms with Crippen molar-refractivity contribution in [3.63, 3.8) is 0 Å². The monoisotopic (exact) mass is 679 g/mol. The second kappa shape index (κ2) is 12.2. The number of imide groups is 2. The van der Waals surface area contributed by atoms with E-state index in [0.717, 1.165) is 11.3 Å². The zero-order valence-corrected chi connectivity index (χ0v) is 28.5. The molecule has 2 aliphatic carbocycles. The number of allylic oxidation sites excluding steroid dienone is 2. The van der Waals surface area contributed by atoms with Crippen molar-refractivity contribution >= 4 is 52.1 Å². The molecule has 6 unspecified atom stereocenters. The fraction of sp³-hybridized carbons (Fsp3) is 0.268. The first-order valence-electron chi connectivity index (χ1n) is 17.2. The van der Waals surface area contributed by atoms with Crippen LogP contribution in [0.15, 0.2) is 125 Å². The molecule has 0 spiro atoms. The van der Waals surface area contributed by atoms with Crippen molar-refractivity contribution in [2.24, 2.45) is 39.3 Å². The molecule has 1 saturated carbocycles. The third kappa shape index (κ3) is 5.08. The van der Waals surface area contributed by atoms with Crippen LogP contribution in [0.4, 0.5) is 28.4 Å². The van der Waals surface area contributed by atoms with Gasteiger partial charge in [-0.25, -0.2) is 4.90 Å². The summed E-state index contributed by atoms with van der Waals surface area (Å²) >= 11 is 0. The Morgan fingerprint density at radius 3 is 2.02 bits per heavy atom. The van der Waals surface area contributed by atoms with E-state index in [9.17, 15) is 24.3 Å². The van der Waals surface area contributed by atoms with Crippen LogP contribution in [0.3, 0.4) is 0 Å². The number of nitrogens with zero attached hydrogens (tertiary/aromatic N) is 5. The Balaban J connectivity index is 1.11. The quantitative estimate of drug-likeness (QED) is 0.130. The van der Waals surface area contributed by atoms with Crippen LogP contribution in [0.25, 0.3) is 0 Å². The first-order chi connectivity index (χ1) is 24.6. The van der Waals surface area contributed by atoms with Crippen molar-refractivity contribution < 1.29 is 24.3 Å². The molecule has 0 aromatic heterocycles. The van der Waals surface area contributed by atoms with E-state index in [4.69, 9.17) is 0 Å². The van der Waals surface area contributed by atoms with Gasteiger partial charge >= 0.3 is 0 Å². The molecule has 51 heavy (non-hydrogen) atoms. The first kappa shape index (κ1) is 32.3. The molecule has 4 aliphatic rings. The van der Waals surface area contributed by atoms with Crippen LogP contribution in [-0.4, -0.2) is 42.8 Å². The maximum absolute atomic E-state index is 14.5. The van der Waals surface area contributed by atoms with Crippen LogP contribution in [0.1, 0.15) is 31.2 Å². The van der Waals surface area contributed by atoms with Gasteiger partial charge < -0.3 is 10.0 Å². The first-order valence-corrected chi connectivity index (χ1v) is 17.2. The molecule has 2 heterocycles. The summed E-state index contributed by atoms with van der Waals surface area (Å²) in [5, 5.41) is 19.2. The van der Waals surface area contributed by atoms with Gasteiger partial charge in [0.15, 0.2) is 0 Å². The third-order valence-electron chi connectivity index (χ3n) is 11.2. The Morgan fingerprint density at radius 1 is 0.725 bits per heavy atom. The lowest BCUT2D eigenvalue weighted by Gasteiger charge is -2.49. The average molecular weight is 680 g/mol. The number of carbonyl (C=O) groups is 4. The van der Waals surface area contributed by atoms with E-state index in [0.29, 0.717) is 34.7 Å². The Labute approximate surface area is 295 Å². The zero-order valence-electron chi connectivity index (χ0n) is 28.5. The van der Waals surface area contributed by atoms with Gasteiger partial charge in [0.2, 0.25) is 23.6 Å². The van der Waals surface area contributed by atoms with Crippen molar-refractivity contribution in [1.29, 1.82) is 0 Å². The smallest absolute Gasteiger partial charge is 0.241 e. The van der Waals surface area contributed by atoms with E-state index in [1.54, 1.807) is 66.7 Å². The topological polar surface area (TPSA) is 123 Å². The molecular formula is C41H37N5O5. The van der Waals surface area contributed by atoms with Crippen molar-refractivity contribution in [2.45, 2.75) is 25.7 Å². The number of phenolic OH excluding ortho intramolecular Hbond substituents is 1. The van der Waals surface area contributed by atoms with Gasteiger partial charge in [-0.2, -0.15) is 10.2 Å². The van der Waals surface area contributed by atoms with E-state index in [2.05, 4.69) is 10.2 Å². The average Bonchev–Trinajstić information content (AvgIpc) is 3.50. The molecular weight excluding hydrogens is 642 g/mol. The lowest BCUT2D eigenvalue weighted by molar-refractivity contribution is -0.131. The summed E-state index contributed by atoms with van der Waals surface area (Å²) in [6.07, 6.45) is 2.60. The number of anilines is 3. The zero-order chi connectivity index (χ0) is 35.6. The predicted octanol–water partition coefficient (Wildman–Crippen LogP) is 7.31. The molecule has 10 nitrogen and oxygen atoms in total. The summed E-state index contributed by atoms with van der Waals surface area (Å²) in [4.78, 5) is 61.7. The van der Waals surface area contributed by atoms with Gasteiger partial charge in [-0.05, 0) is 104 Å². The fourth-order valence-corrected chi connectivity index (χ4v) is 8.78. The van der Waals surface area contributed by atoms with Gasteiger partial charge in [0.1, 0.15) is 5.75 Å². The highest BCUT2D eigenvalue weighted by molar-refractivity contribution is 6.25. The summed E-state index contributed by atoms with van der Waals surface area (Å²) in [6.45, 7) is 1.84. The molecule has 4 aromatic carbocycles. The minimum atomic E-state index is -1.17. The number of rotatable bonds is 6. The van der Waals surface area contributed by atoms with Gasteiger partial charge in [-0.3, -0.25) is 24.1 Å². The number of hydrogen-bond acceptors (Lipinski definition) is 8. The second-order valence-corrected chi connectivity index (χ2v) is 14.2. The maximum atomic E-state index is 14.5. The van der Waals surface area contributed by atoms with Gasteiger partial charge in [-0.15, -0.1) is 0 Å². The maximum Gasteiger partial charge on any atom is 0.241 e. The number of hydrogen-bond donors (Lipinski definition) is 1. The molecule has 2 saturated heterocycles. The lowest BCUT2D eigenvalue weighted by Crippen LogP contribution is -2.48. The van der Waals surface area contributed by atoms with E-state index in [-0.39, 0.29) is 35.8 Å². The summed E-state index contributed by atoms with van der Waals surface area (Å²) in [5.74, 6) is -4.23. The van der Waals surface area contributed by atoms with Crippen LogP contribution in [0.5, 0.6) is 5.75 Å². The van der Waals surface area contributed by atoms with Crippen LogP contribution >= 0.6 is 0 Å². The van der Waals surface area contributed by atoms with Crippen LogP contribution in [-0.2, 0) is 19.2 Å². The molecule has 3 fully saturated rings. The second-order valence-electron chi connectivity index (χ2n) is 14.2. The van der Waals surface area contributed by atoms with Gasteiger partial charge in [0.25, 0.3) is 0 Å². The largest absolute Gasteiger partial charge is 0.508 e. The van der Waals surface area contributed by atoms with Crippen LogP contribution in [0.2, 0.25) is 0 Å². The third-order valence-corrected chi connectivity index (χ3v) is 11.2. The number of para-hydroxylation sites is 1. The highest BCUT2D eigenvalue weighted by Crippen LogP contribution is 2.63. The fourth-order valence-electron chi connectivity index (χ4n) is 8.78. The number of fused-ring (bicyclic) bond motifs is 4. The Bertz CT molecular complexity index is 2130. The highest BCUT2D eigenvalue weighted by atomic mass is 16.3. The van der Waals surface area contributed by atoms with E-state index >= 15 is 0 Å². The molecule has 10 heteroatoms. The number of amides is 4. The number of benzene rings is 4. The molecule has 2 aliphatic heterocycles. The van der Waals surface area contributed by atoms with Crippen molar-refractivity contribution in [1.82, 2.24) is 0 Å². The molecule has 0 radical (unpaired) electrons. The Kier molecular flexibility index (Phi) is 7.70. The predicted molar refractivity (Wildman–Crippen MR) is 193 cm³/mol. The number of phenols is 1. The summed E-state index contributed by atoms with van der Waals surface area (Å²) in [6, 6.07) is 30.2. The van der Waals surface area contributed by atoms with E-state index < -0.39 is 35.0 Å². The molecule has 8 rings (SSSR count). The van der Waals surface area contributed by atoms with Crippen molar-refractivity contribution in [3.8, 4) is 5.75 Å². The van der Waals surface area contributed by atoms with Crippen LogP contribution < -0.4 is 14.7 Å². The Morgan fingerprint density at radius 2 is 1.37 bits per heavy atom. The normalized spacial score (nSPS) is 27.0. The summed E-state index contributed by atoms with van der Waals surface area (Å²) in [5.41, 5.74) is 3.66. The van der Waals surface area contributed by atoms with E-state index in [1.807, 2.05) is 68.4 Å². The Hall–Kier alpha value is -5.90. The summed E-state index contributed by atoms with van der Waals surface area (Å²) < 4.78 is 0. The van der Waals surface area contributed by atoms with E-state index in [1.165, 1.54) is 9.80 Å². The molecule has 0 bridgehead atoms. The minimum absolute atomic E-state index is 0.0456. The minimum Gasteiger partial charge on any atom is -0.508 e. The lowest BCUT2D eigenvalue weighted by atomic mass is 9.51. The van der Waals surface area contributed by atoms with Crippen LogP contribution in [0, 0.1) is 29.1 Å². The van der Waals surface area contributed by atoms with Crippen molar-refractivity contribution in [3.05, 3.63) is 120 Å². The molecule has 6 atom stereocenters. The van der Waals surface area contributed by atoms with Gasteiger partial charge in [-0.1, -0.05) is 42.0 Å². The van der Waals surface area contributed by atoms with Gasteiger partial charge in [0, 0.05) is 25.7 Å². The number of carbonyl (C=O) groups excluding carboxylic acids is 4. The molecule has 1 N–H and O–H groups in total.